The zero-order chi connectivity index (χ0) is 43.0. The van der Waals surface area contributed by atoms with Crippen LogP contribution in [0, 0.1) is 0 Å². The number of esters is 1. The van der Waals surface area contributed by atoms with Gasteiger partial charge in [-0.15, -0.1) is 0 Å². The maximum atomic E-state index is 12.4. The van der Waals surface area contributed by atoms with Crippen LogP contribution in [0.1, 0.15) is 277 Å². The number of hydrogen-bond acceptors (Lipinski definition) is 5. The van der Waals surface area contributed by atoms with E-state index in [1.165, 1.54) is 180 Å². The molecule has 0 aromatic heterocycles. The molecule has 6 heteroatoms. The Bertz CT molecular complexity index is 920. The Morgan fingerprint density at radius 2 is 0.797 bits per heavy atom. The van der Waals surface area contributed by atoms with Gasteiger partial charge in [-0.3, -0.25) is 9.59 Å². The highest BCUT2D eigenvalue weighted by molar-refractivity contribution is 5.76. The fourth-order valence-electron chi connectivity index (χ4n) is 7.92. The number of unbranched alkanes of at least 4 members (excludes halogenated alkanes) is 35. The van der Waals surface area contributed by atoms with Crippen LogP contribution in [-0.4, -0.2) is 47.4 Å². The lowest BCUT2D eigenvalue weighted by Crippen LogP contribution is -2.45. The van der Waals surface area contributed by atoms with E-state index >= 15 is 0 Å². The number of allylic oxidation sites excluding steroid dienone is 3. The Balaban J connectivity index is 3.50. The van der Waals surface area contributed by atoms with Gasteiger partial charge in [-0.1, -0.05) is 231 Å². The first-order valence-electron chi connectivity index (χ1n) is 26.1. The van der Waals surface area contributed by atoms with Gasteiger partial charge in [-0.05, 0) is 57.8 Å². The van der Waals surface area contributed by atoms with Crippen LogP contribution in [-0.2, 0) is 14.3 Å². The molecule has 3 N–H and O–H groups in total. The van der Waals surface area contributed by atoms with Crippen LogP contribution in [0.3, 0.4) is 0 Å². The summed E-state index contributed by atoms with van der Waals surface area (Å²) in [7, 11) is 0. The number of carbonyl (C=O) groups excluding carboxylic acids is 2. The Morgan fingerprint density at radius 3 is 1.20 bits per heavy atom. The molecular formula is C53H101NO5. The zero-order valence-corrected chi connectivity index (χ0v) is 39.5. The number of rotatable bonds is 48. The molecule has 2 unspecified atom stereocenters. The van der Waals surface area contributed by atoms with E-state index in [-0.39, 0.29) is 18.5 Å². The second-order valence-corrected chi connectivity index (χ2v) is 17.9. The van der Waals surface area contributed by atoms with Gasteiger partial charge in [0.1, 0.15) is 0 Å². The lowest BCUT2D eigenvalue weighted by molar-refractivity contribution is -0.143. The van der Waals surface area contributed by atoms with Crippen LogP contribution < -0.4 is 5.32 Å². The molecular weight excluding hydrogens is 731 g/mol. The molecule has 348 valence electrons. The Labute approximate surface area is 367 Å². The minimum atomic E-state index is -0.853. The molecule has 0 spiro atoms. The minimum absolute atomic E-state index is 0.00998. The topological polar surface area (TPSA) is 95.9 Å². The van der Waals surface area contributed by atoms with Crippen molar-refractivity contribution in [3.63, 3.8) is 0 Å². The summed E-state index contributed by atoms with van der Waals surface area (Å²) in [4.78, 5) is 24.4. The van der Waals surface area contributed by atoms with E-state index in [1.54, 1.807) is 6.08 Å². The van der Waals surface area contributed by atoms with Crippen LogP contribution in [0.15, 0.2) is 24.3 Å². The monoisotopic (exact) mass is 832 g/mol. The molecule has 0 aliphatic rings. The summed E-state index contributed by atoms with van der Waals surface area (Å²) in [5, 5.41) is 23.0. The second-order valence-electron chi connectivity index (χ2n) is 17.9. The summed E-state index contributed by atoms with van der Waals surface area (Å²) in [6.45, 7) is 4.87. The number of hydrogen-bond donors (Lipinski definition) is 3. The average Bonchev–Trinajstić information content (AvgIpc) is 3.24. The predicted molar refractivity (Wildman–Crippen MR) is 255 cm³/mol. The zero-order valence-electron chi connectivity index (χ0n) is 39.5. The third-order valence-electron chi connectivity index (χ3n) is 12.0. The molecule has 2 atom stereocenters. The van der Waals surface area contributed by atoms with E-state index in [4.69, 9.17) is 4.74 Å². The second kappa shape index (κ2) is 49.0. The number of nitrogens with one attached hydrogen (secondary N) is 1. The molecule has 59 heavy (non-hydrogen) atoms. The number of ether oxygens (including phenoxy) is 1. The van der Waals surface area contributed by atoms with Gasteiger partial charge in [-0.25, -0.2) is 0 Å². The van der Waals surface area contributed by atoms with Gasteiger partial charge in [0.15, 0.2) is 0 Å². The highest BCUT2D eigenvalue weighted by Gasteiger charge is 2.18. The van der Waals surface area contributed by atoms with Gasteiger partial charge in [0, 0.05) is 12.8 Å². The van der Waals surface area contributed by atoms with Gasteiger partial charge >= 0.3 is 5.97 Å². The fraction of sp³-hybridized carbons (Fsp3) is 0.887. The van der Waals surface area contributed by atoms with Crippen molar-refractivity contribution in [2.24, 2.45) is 0 Å². The van der Waals surface area contributed by atoms with Crippen molar-refractivity contribution in [3.8, 4) is 0 Å². The van der Waals surface area contributed by atoms with Crippen LogP contribution >= 0.6 is 0 Å². The highest BCUT2D eigenvalue weighted by Crippen LogP contribution is 2.16. The molecule has 0 aromatic rings. The molecule has 0 aliphatic heterocycles. The molecule has 0 fully saturated rings. The summed E-state index contributed by atoms with van der Waals surface area (Å²) >= 11 is 0. The maximum Gasteiger partial charge on any atom is 0.305 e. The van der Waals surface area contributed by atoms with Gasteiger partial charge in [0.2, 0.25) is 5.91 Å². The highest BCUT2D eigenvalue weighted by atomic mass is 16.5. The van der Waals surface area contributed by atoms with E-state index in [1.807, 2.05) is 6.08 Å². The van der Waals surface area contributed by atoms with Crippen molar-refractivity contribution in [1.29, 1.82) is 0 Å². The third kappa shape index (κ3) is 45.7. The summed E-state index contributed by atoms with van der Waals surface area (Å²) < 4.78 is 5.45. The molecule has 1 amide bonds. The number of carbonyl (C=O) groups is 2. The van der Waals surface area contributed by atoms with E-state index in [0.29, 0.717) is 19.4 Å². The van der Waals surface area contributed by atoms with Crippen LogP contribution in [0.5, 0.6) is 0 Å². The average molecular weight is 832 g/mol. The maximum absolute atomic E-state index is 12.4. The third-order valence-corrected chi connectivity index (χ3v) is 12.0. The SMILES string of the molecule is CCCCCCCCCCCCCC/C=C/C(O)C(CO)NC(=O)CCCCCCCCC/C=C\CCCCCCOC(=O)CCCCCCCCCCCCCCC. The smallest absolute Gasteiger partial charge is 0.305 e. The Kier molecular flexibility index (Phi) is 47.6. The van der Waals surface area contributed by atoms with E-state index in [2.05, 4.69) is 31.3 Å². The number of amides is 1. The lowest BCUT2D eigenvalue weighted by atomic mass is 10.0. The quantitative estimate of drug-likeness (QED) is 0.0322. The van der Waals surface area contributed by atoms with Crippen molar-refractivity contribution in [2.45, 2.75) is 289 Å². The molecule has 0 rings (SSSR count). The van der Waals surface area contributed by atoms with Gasteiger partial charge < -0.3 is 20.3 Å². The van der Waals surface area contributed by atoms with E-state index < -0.39 is 12.1 Å². The van der Waals surface area contributed by atoms with Crippen molar-refractivity contribution in [3.05, 3.63) is 24.3 Å². The van der Waals surface area contributed by atoms with Crippen molar-refractivity contribution in [1.82, 2.24) is 5.32 Å². The molecule has 6 nitrogen and oxygen atoms in total. The van der Waals surface area contributed by atoms with Crippen molar-refractivity contribution < 1.29 is 24.5 Å². The van der Waals surface area contributed by atoms with E-state index in [0.717, 1.165) is 70.6 Å². The molecule has 0 heterocycles. The largest absolute Gasteiger partial charge is 0.466 e. The summed E-state index contributed by atoms with van der Waals surface area (Å²) in [5.41, 5.74) is 0. The number of aliphatic hydroxyl groups is 2. The lowest BCUT2D eigenvalue weighted by Gasteiger charge is -2.20. The molecule has 0 saturated heterocycles. The first-order chi connectivity index (χ1) is 29.0. The minimum Gasteiger partial charge on any atom is -0.466 e. The van der Waals surface area contributed by atoms with Crippen LogP contribution in [0.4, 0.5) is 0 Å². The Morgan fingerprint density at radius 1 is 0.458 bits per heavy atom. The standard InChI is InChI=1S/C53H101NO5/c1-3-5-7-9-11-13-15-17-22-25-29-33-37-41-45-51(56)50(49-55)54-52(57)46-42-38-34-30-26-23-19-18-20-24-28-32-36-40-44-48-59-53(58)47-43-39-35-31-27-21-16-14-12-10-8-6-4-2/h20,24,41,45,50-51,55-56H,3-19,21-23,25-40,42-44,46-49H2,1-2H3,(H,54,57)/b24-20-,45-41+. The fourth-order valence-corrected chi connectivity index (χ4v) is 7.92. The summed E-state index contributed by atoms with van der Waals surface area (Å²) in [5.74, 6) is -0.0930. The predicted octanol–water partition coefficient (Wildman–Crippen LogP) is 15.5. The van der Waals surface area contributed by atoms with Crippen LogP contribution in [0.25, 0.3) is 0 Å². The first-order valence-corrected chi connectivity index (χ1v) is 26.1. The molecule has 0 saturated carbocycles. The molecule has 0 aromatic carbocycles. The van der Waals surface area contributed by atoms with Crippen molar-refractivity contribution in [2.75, 3.05) is 13.2 Å². The molecule has 0 aliphatic carbocycles. The first kappa shape index (κ1) is 57.3. The summed E-state index contributed by atoms with van der Waals surface area (Å²) in [6.07, 6.45) is 57.5. The van der Waals surface area contributed by atoms with Crippen LogP contribution in [0.2, 0.25) is 0 Å². The molecule has 0 bridgehead atoms. The Hall–Kier alpha value is -1.66. The van der Waals surface area contributed by atoms with Crippen molar-refractivity contribution >= 4 is 11.9 Å². The number of aliphatic hydroxyl groups excluding tert-OH is 2. The summed E-state index contributed by atoms with van der Waals surface area (Å²) in [6, 6.07) is -0.638. The van der Waals surface area contributed by atoms with Gasteiger partial charge in [-0.2, -0.15) is 0 Å². The van der Waals surface area contributed by atoms with Gasteiger partial charge in [0.05, 0.1) is 25.4 Å². The van der Waals surface area contributed by atoms with E-state index in [9.17, 15) is 19.8 Å². The molecule has 0 radical (unpaired) electrons. The normalized spacial score (nSPS) is 12.8. The van der Waals surface area contributed by atoms with Gasteiger partial charge in [0.25, 0.3) is 0 Å².